The van der Waals surface area contributed by atoms with Crippen molar-refractivity contribution in [2.45, 2.75) is 37.0 Å². The molecule has 2 rings (SSSR count). The predicted molar refractivity (Wildman–Crippen MR) is 83.3 cm³/mol. The summed E-state index contributed by atoms with van der Waals surface area (Å²) < 4.78 is 29.9. The van der Waals surface area contributed by atoms with E-state index in [1.807, 2.05) is 13.8 Å². The summed E-state index contributed by atoms with van der Waals surface area (Å²) >= 11 is 0. The molecule has 1 N–H and O–H groups in total. The van der Waals surface area contributed by atoms with Crippen molar-refractivity contribution >= 4 is 15.7 Å². The SMILES string of the molecule is CCC(C)NC(=O)c1occc1CS(=O)(=O)c1ccccc1. The van der Waals surface area contributed by atoms with Gasteiger partial charge < -0.3 is 9.73 Å². The smallest absolute Gasteiger partial charge is 0.287 e. The largest absolute Gasteiger partial charge is 0.459 e. The molecule has 5 nitrogen and oxygen atoms in total. The van der Waals surface area contributed by atoms with Crippen molar-refractivity contribution in [3.8, 4) is 0 Å². The number of carbonyl (C=O) groups is 1. The second-order valence-electron chi connectivity index (χ2n) is 5.13. The average molecular weight is 321 g/mol. The Morgan fingerprint density at radius 3 is 2.55 bits per heavy atom. The van der Waals surface area contributed by atoms with Gasteiger partial charge >= 0.3 is 0 Å². The summed E-state index contributed by atoms with van der Waals surface area (Å²) in [6, 6.07) is 9.67. The molecule has 6 heteroatoms. The van der Waals surface area contributed by atoms with Crippen LogP contribution in [0.5, 0.6) is 0 Å². The summed E-state index contributed by atoms with van der Waals surface area (Å²) in [7, 11) is -3.51. The number of carbonyl (C=O) groups excluding carboxylic acids is 1. The van der Waals surface area contributed by atoms with Crippen LogP contribution in [-0.4, -0.2) is 20.4 Å². The van der Waals surface area contributed by atoms with E-state index in [-0.39, 0.29) is 22.5 Å². The molecule has 1 atom stereocenters. The van der Waals surface area contributed by atoms with Crippen molar-refractivity contribution in [3.05, 3.63) is 54.0 Å². The van der Waals surface area contributed by atoms with E-state index >= 15 is 0 Å². The highest BCUT2D eigenvalue weighted by molar-refractivity contribution is 7.90. The van der Waals surface area contributed by atoms with Crippen LogP contribution in [-0.2, 0) is 15.6 Å². The Hall–Kier alpha value is -2.08. The summed E-state index contributed by atoms with van der Waals surface area (Å²) in [6.07, 6.45) is 2.12. The van der Waals surface area contributed by atoms with Gasteiger partial charge in [-0.15, -0.1) is 0 Å². The molecule has 0 bridgehead atoms. The summed E-state index contributed by atoms with van der Waals surface area (Å²) in [6.45, 7) is 3.83. The fourth-order valence-electron chi connectivity index (χ4n) is 1.96. The number of amides is 1. The van der Waals surface area contributed by atoms with Crippen molar-refractivity contribution in [2.75, 3.05) is 0 Å². The van der Waals surface area contributed by atoms with E-state index in [2.05, 4.69) is 5.32 Å². The van der Waals surface area contributed by atoms with E-state index in [0.29, 0.717) is 5.56 Å². The van der Waals surface area contributed by atoms with Crippen molar-refractivity contribution in [2.24, 2.45) is 0 Å². The zero-order valence-corrected chi connectivity index (χ0v) is 13.4. The van der Waals surface area contributed by atoms with Crippen molar-refractivity contribution in [3.63, 3.8) is 0 Å². The molecule has 1 amide bonds. The van der Waals surface area contributed by atoms with Crippen LogP contribution in [0.3, 0.4) is 0 Å². The Bertz CT molecular complexity index is 735. The van der Waals surface area contributed by atoms with Crippen LogP contribution >= 0.6 is 0 Å². The summed E-state index contributed by atoms with van der Waals surface area (Å²) in [5.74, 6) is -0.603. The number of hydrogen-bond donors (Lipinski definition) is 1. The van der Waals surface area contributed by atoms with Gasteiger partial charge in [0.15, 0.2) is 15.6 Å². The van der Waals surface area contributed by atoms with Gasteiger partial charge in [-0.2, -0.15) is 0 Å². The third-order valence-electron chi connectivity index (χ3n) is 3.39. The van der Waals surface area contributed by atoms with Gasteiger partial charge in [-0.25, -0.2) is 8.42 Å². The van der Waals surface area contributed by atoms with Crippen LogP contribution in [0.25, 0.3) is 0 Å². The van der Waals surface area contributed by atoms with Crippen LogP contribution in [0.1, 0.15) is 36.4 Å². The molecule has 0 aliphatic rings. The van der Waals surface area contributed by atoms with E-state index in [1.165, 1.54) is 24.5 Å². The lowest BCUT2D eigenvalue weighted by Gasteiger charge is -2.11. The standard InChI is InChI=1S/C16H19NO4S/c1-3-12(2)17-16(18)15-13(9-10-21-15)11-22(19,20)14-7-5-4-6-8-14/h4-10,12H,3,11H2,1-2H3,(H,17,18). The number of hydrogen-bond acceptors (Lipinski definition) is 4. The molecule has 0 fully saturated rings. The first-order valence-electron chi connectivity index (χ1n) is 7.09. The zero-order chi connectivity index (χ0) is 16.2. The first-order valence-corrected chi connectivity index (χ1v) is 8.74. The highest BCUT2D eigenvalue weighted by atomic mass is 32.2. The third-order valence-corrected chi connectivity index (χ3v) is 5.07. The van der Waals surface area contributed by atoms with Crippen LogP contribution in [0.15, 0.2) is 52.0 Å². The van der Waals surface area contributed by atoms with E-state index < -0.39 is 15.7 Å². The second kappa shape index (κ2) is 6.79. The van der Waals surface area contributed by atoms with Gasteiger partial charge in [0.1, 0.15) is 0 Å². The second-order valence-corrected chi connectivity index (χ2v) is 7.12. The topological polar surface area (TPSA) is 76.4 Å². The minimum Gasteiger partial charge on any atom is -0.459 e. The first-order chi connectivity index (χ1) is 10.4. The Labute approximate surface area is 130 Å². The van der Waals surface area contributed by atoms with Gasteiger partial charge in [0.05, 0.1) is 16.9 Å². The minimum atomic E-state index is -3.51. The van der Waals surface area contributed by atoms with E-state index in [4.69, 9.17) is 4.42 Å². The average Bonchev–Trinajstić information content (AvgIpc) is 2.95. The van der Waals surface area contributed by atoms with Crippen molar-refractivity contribution < 1.29 is 17.6 Å². The fraction of sp³-hybridized carbons (Fsp3) is 0.312. The molecule has 0 aliphatic heterocycles. The van der Waals surface area contributed by atoms with Gasteiger partial charge in [-0.05, 0) is 31.5 Å². The van der Waals surface area contributed by atoms with Crippen molar-refractivity contribution in [1.29, 1.82) is 0 Å². The molecule has 1 aromatic heterocycles. The van der Waals surface area contributed by atoms with Gasteiger partial charge in [0.2, 0.25) is 0 Å². The highest BCUT2D eigenvalue weighted by Crippen LogP contribution is 2.20. The number of benzene rings is 1. The third kappa shape index (κ3) is 3.76. The van der Waals surface area contributed by atoms with E-state index in [0.717, 1.165) is 6.42 Å². The number of rotatable bonds is 6. The van der Waals surface area contributed by atoms with Crippen LogP contribution < -0.4 is 5.32 Å². The molecular weight excluding hydrogens is 302 g/mol. The number of furan rings is 1. The normalized spacial score (nSPS) is 12.8. The summed E-state index contributed by atoms with van der Waals surface area (Å²) in [4.78, 5) is 12.3. The molecule has 1 aromatic carbocycles. The molecule has 22 heavy (non-hydrogen) atoms. The maximum Gasteiger partial charge on any atom is 0.287 e. The highest BCUT2D eigenvalue weighted by Gasteiger charge is 2.22. The number of sulfone groups is 1. The summed E-state index contributed by atoms with van der Waals surface area (Å²) in [5, 5.41) is 2.77. The molecule has 0 saturated carbocycles. The molecule has 1 heterocycles. The van der Waals surface area contributed by atoms with Gasteiger partial charge in [-0.1, -0.05) is 25.1 Å². The Kier molecular flexibility index (Phi) is 5.03. The minimum absolute atomic E-state index is 0.00354. The van der Waals surface area contributed by atoms with Crippen LogP contribution in [0, 0.1) is 0 Å². The Morgan fingerprint density at radius 2 is 1.91 bits per heavy atom. The Morgan fingerprint density at radius 1 is 1.23 bits per heavy atom. The van der Waals surface area contributed by atoms with Gasteiger partial charge in [0, 0.05) is 11.6 Å². The first kappa shape index (κ1) is 16.3. The van der Waals surface area contributed by atoms with Gasteiger partial charge in [0.25, 0.3) is 5.91 Å². The monoisotopic (exact) mass is 321 g/mol. The Balaban J connectivity index is 2.22. The zero-order valence-electron chi connectivity index (χ0n) is 12.6. The molecule has 0 aliphatic carbocycles. The maximum absolute atomic E-state index is 12.4. The molecule has 118 valence electrons. The van der Waals surface area contributed by atoms with Crippen LogP contribution in [0.4, 0.5) is 0 Å². The number of nitrogens with one attached hydrogen (secondary N) is 1. The van der Waals surface area contributed by atoms with E-state index in [1.54, 1.807) is 18.2 Å². The molecule has 2 aromatic rings. The lowest BCUT2D eigenvalue weighted by Crippen LogP contribution is -2.32. The van der Waals surface area contributed by atoms with Gasteiger partial charge in [-0.3, -0.25) is 4.79 Å². The van der Waals surface area contributed by atoms with Crippen LogP contribution in [0.2, 0.25) is 0 Å². The lowest BCUT2D eigenvalue weighted by molar-refractivity contribution is 0.0910. The maximum atomic E-state index is 12.4. The summed E-state index contributed by atoms with van der Waals surface area (Å²) in [5.41, 5.74) is 0.365. The molecular formula is C16H19NO4S. The molecule has 1 unspecified atom stereocenters. The predicted octanol–water partition coefficient (Wildman–Crippen LogP) is 2.78. The molecule has 0 radical (unpaired) electrons. The lowest BCUT2D eigenvalue weighted by atomic mass is 10.2. The molecule has 0 saturated heterocycles. The molecule has 0 spiro atoms. The van der Waals surface area contributed by atoms with E-state index in [9.17, 15) is 13.2 Å². The fourth-order valence-corrected chi connectivity index (χ4v) is 3.33. The quantitative estimate of drug-likeness (QED) is 0.887. The van der Waals surface area contributed by atoms with Crippen molar-refractivity contribution in [1.82, 2.24) is 5.32 Å².